The number of hydrogen-bond acceptors (Lipinski definition) is 3. The summed E-state index contributed by atoms with van der Waals surface area (Å²) in [5.41, 5.74) is 2.17. The van der Waals surface area contributed by atoms with Crippen molar-refractivity contribution in [1.82, 2.24) is 5.32 Å². The monoisotopic (exact) mass is 253 g/mol. The zero-order valence-electron chi connectivity index (χ0n) is 10.4. The fourth-order valence-corrected chi connectivity index (χ4v) is 4.29. The summed E-state index contributed by atoms with van der Waals surface area (Å²) in [6.45, 7) is 4.78. The zero-order chi connectivity index (χ0) is 12.5. The van der Waals surface area contributed by atoms with Gasteiger partial charge in [-0.2, -0.15) is 0 Å². The van der Waals surface area contributed by atoms with Gasteiger partial charge in [0.15, 0.2) is 9.84 Å². The molecular formula is C13H19NO2S. The van der Waals surface area contributed by atoms with Gasteiger partial charge in [-0.15, -0.1) is 0 Å². The van der Waals surface area contributed by atoms with Gasteiger partial charge in [0.05, 0.1) is 11.5 Å². The highest BCUT2D eigenvalue weighted by molar-refractivity contribution is 7.91. The predicted molar refractivity (Wildman–Crippen MR) is 69.7 cm³/mol. The van der Waals surface area contributed by atoms with Gasteiger partial charge in [0.2, 0.25) is 0 Å². The Hall–Kier alpha value is -0.870. The summed E-state index contributed by atoms with van der Waals surface area (Å²) in [7, 11) is -2.83. The Bertz CT molecular complexity index is 493. The van der Waals surface area contributed by atoms with Crippen molar-refractivity contribution in [1.29, 1.82) is 0 Å². The molecule has 3 nitrogen and oxygen atoms in total. The molecule has 1 heterocycles. The second-order valence-electron chi connectivity index (χ2n) is 5.24. The summed E-state index contributed by atoms with van der Waals surface area (Å²) in [5.74, 6) is 0.566. The average molecular weight is 253 g/mol. The maximum atomic E-state index is 11.5. The lowest BCUT2D eigenvalue weighted by atomic mass is 10.0. The summed E-state index contributed by atoms with van der Waals surface area (Å²) in [6.07, 6.45) is 0.710. The maximum Gasteiger partial charge on any atom is 0.152 e. The van der Waals surface area contributed by atoms with Crippen molar-refractivity contribution in [3.8, 4) is 0 Å². The molecule has 1 aromatic rings. The van der Waals surface area contributed by atoms with Crippen molar-refractivity contribution in [3.05, 3.63) is 35.4 Å². The third-order valence-corrected chi connectivity index (χ3v) is 5.25. The fraction of sp³-hybridized carbons (Fsp3) is 0.538. The van der Waals surface area contributed by atoms with Crippen LogP contribution < -0.4 is 5.32 Å². The van der Waals surface area contributed by atoms with Crippen molar-refractivity contribution in [2.45, 2.75) is 32.4 Å². The van der Waals surface area contributed by atoms with E-state index in [1.807, 2.05) is 6.92 Å². The number of hydrogen-bond donors (Lipinski definition) is 1. The summed E-state index contributed by atoms with van der Waals surface area (Å²) in [6, 6.07) is 8.31. The number of aryl methyl sites for hydroxylation is 1. The van der Waals surface area contributed by atoms with Crippen LogP contribution in [0.1, 0.15) is 24.5 Å². The van der Waals surface area contributed by atoms with Crippen LogP contribution >= 0.6 is 0 Å². The van der Waals surface area contributed by atoms with E-state index >= 15 is 0 Å². The van der Waals surface area contributed by atoms with E-state index < -0.39 is 9.84 Å². The summed E-state index contributed by atoms with van der Waals surface area (Å²) in [4.78, 5) is 0. The Kier molecular flexibility index (Phi) is 3.27. The van der Waals surface area contributed by atoms with E-state index in [2.05, 4.69) is 36.5 Å². The first-order valence-electron chi connectivity index (χ1n) is 5.90. The Morgan fingerprint density at radius 1 is 1.29 bits per heavy atom. The van der Waals surface area contributed by atoms with Gasteiger partial charge in [0.1, 0.15) is 0 Å². The van der Waals surface area contributed by atoms with Crippen LogP contribution in [0.4, 0.5) is 0 Å². The molecule has 1 fully saturated rings. The molecule has 0 saturated carbocycles. The molecular weight excluding hydrogens is 234 g/mol. The highest BCUT2D eigenvalue weighted by Gasteiger charge is 2.37. The van der Waals surface area contributed by atoms with Gasteiger partial charge in [0.25, 0.3) is 0 Å². The van der Waals surface area contributed by atoms with E-state index in [-0.39, 0.29) is 11.3 Å². The Morgan fingerprint density at radius 2 is 1.94 bits per heavy atom. The number of rotatable bonds is 3. The molecule has 1 atom stereocenters. The lowest BCUT2D eigenvalue weighted by Crippen LogP contribution is -2.42. The van der Waals surface area contributed by atoms with Gasteiger partial charge >= 0.3 is 0 Å². The Balaban J connectivity index is 1.97. The molecule has 0 radical (unpaired) electrons. The van der Waals surface area contributed by atoms with Gasteiger partial charge in [-0.1, -0.05) is 29.8 Å². The van der Waals surface area contributed by atoms with Gasteiger partial charge < -0.3 is 5.32 Å². The van der Waals surface area contributed by atoms with Gasteiger partial charge in [-0.3, -0.25) is 0 Å². The van der Waals surface area contributed by atoms with Crippen LogP contribution in [-0.2, 0) is 16.4 Å². The molecule has 0 spiro atoms. The van der Waals surface area contributed by atoms with Crippen molar-refractivity contribution in [2.24, 2.45) is 0 Å². The van der Waals surface area contributed by atoms with E-state index in [0.717, 1.165) is 6.54 Å². The summed E-state index contributed by atoms with van der Waals surface area (Å²) in [5, 5.41) is 3.37. The van der Waals surface area contributed by atoms with Gasteiger partial charge in [-0.05, 0) is 25.8 Å². The van der Waals surface area contributed by atoms with E-state index in [1.165, 1.54) is 11.1 Å². The minimum absolute atomic E-state index is 0.256. The topological polar surface area (TPSA) is 46.2 Å². The van der Waals surface area contributed by atoms with Crippen LogP contribution in [0.2, 0.25) is 0 Å². The van der Waals surface area contributed by atoms with Crippen LogP contribution in [0.5, 0.6) is 0 Å². The second-order valence-corrected chi connectivity index (χ2v) is 7.43. The summed E-state index contributed by atoms with van der Waals surface area (Å²) >= 11 is 0. The van der Waals surface area contributed by atoms with Crippen molar-refractivity contribution in [3.63, 3.8) is 0 Å². The van der Waals surface area contributed by atoms with E-state index in [4.69, 9.17) is 0 Å². The third kappa shape index (κ3) is 3.30. The molecule has 1 aromatic carbocycles. The highest BCUT2D eigenvalue weighted by Crippen LogP contribution is 2.23. The molecule has 0 aliphatic carbocycles. The Labute approximate surface area is 103 Å². The average Bonchev–Trinajstić information content (AvgIpc) is 2.53. The van der Waals surface area contributed by atoms with Crippen molar-refractivity contribution >= 4 is 9.84 Å². The zero-order valence-corrected chi connectivity index (χ0v) is 11.2. The van der Waals surface area contributed by atoms with Crippen molar-refractivity contribution < 1.29 is 8.42 Å². The third-order valence-electron chi connectivity index (χ3n) is 3.34. The summed E-state index contributed by atoms with van der Waals surface area (Å²) < 4.78 is 22.9. The van der Waals surface area contributed by atoms with E-state index in [0.29, 0.717) is 12.2 Å². The van der Waals surface area contributed by atoms with Crippen LogP contribution in [0, 0.1) is 6.92 Å². The molecule has 0 bridgehead atoms. The van der Waals surface area contributed by atoms with Gasteiger partial charge in [0, 0.05) is 12.1 Å². The standard InChI is InChI=1S/C13H19NO2S/c1-11-3-5-12(6-4-11)9-14-13(2)7-8-17(15,16)10-13/h3-6,14H,7-10H2,1-2H3. The molecule has 1 aliphatic rings. The lowest BCUT2D eigenvalue weighted by Gasteiger charge is -2.24. The fourth-order valence-electron chi connectivity index (χ4n) is 2.17. The van der Waals surface area contributed by atoms with E-state index in [9.17, 15) is 8.42 Å². The van der Waals surface area contributed by atoms with Crippen LogP contribution in [0.25, 0.3) is 0 Å². The first-order valence-corrected chi connectivity index (χ1v) is 7.72. The molecule has 17 heavy (non-hydrogen) atoms. The molecule has 0 amide bonds. The molecule has 94 valence electrons. The second kappa shape index (κ2) is 4.42. The number of benzene rings is 1. The molecule has 1 saturated heterocycles. The predicted octanol–water partition coefficient (Wildman–Crippen LogP) is 1.66. The quantitative estimate of drug-likeness (QED) is 0.891. The molecule has 1 N–H and O–H groups in total. The molecule has 2 rings (SSSR count). The lowest BCUT2D eigenvalue weighted by molar-refractivity contribution is 0.395. The first-order chi connectivity index (χ1) is 7.89. The molecule has 0 aromatic heterocycles. The largest absolute Gasteiger partial charge is 0.306 e. The van der Waals surface area contributed by atoms with Gasteiger partial charge in [-0.25, -0.2) is 8.42 Å². The van der Waals surface area contributed by atoms with Crippen LogP contribution in [0.15, 0.2) is 24.3 Å². The van der Waals surface area contributed by atoms with E-state index in [1.54, 1.807) is 0 Å². The number of sulfone groups is 1. The Morgan fingerprint density at radius 3 is 2.47 bits per heavy atom. The van der Waals surface area contributed by atoms with Crippen LogP contribution in [-0.4, -0.2) is 25.5 Å². The molecule has 1 unspecified atom stereocenters. The van der Waals surface area contributed by atoms with Crippen molar-refractivity contribution in [2.75, 3.05) is 11.5 Å². The number of nitrogens with one attached hydrogen (secondary N) is 1. The highest BCUT2D eigenvalue weighted by atomic mass is 32.2. The SMILES string of the molecule is Cc1ccc(CNC2(C)CCS(=O)(=O)C2)cc1. The molecule has 4 heteroatoms. The smallest absolute Gasteiger partial charge is 0.152 e. The molecule has 1 aliphatic heterocycles. The minimum atomic E-state index is -2.83. The first kappa shape index (κ1) is 12.6. The minimum Gasteiger partial charge on any atom is -0.306 e. The van der Waals surface area contributed by atoms with Crippen LogP contribution in [0.3, 0.4) is 0 Å². The normalized spacial score (nSPS) is 27.2. The maximum absolute atomic E-state index is 11.5.